The number of hydrazone groups is 1. The topological polar surface area (TPSA) is 116 Å². The van der Waals surface area contributed by atoms with E-state index in [2.05, 4.69) is 20.5 Å². The molecule has 1 aromatic heterocycles. The molecule has 0 bridgehead atoms. The van der Waals surface area contributed by atoms with Crippen LogP contribution in [0.1, 0.15) is 18.2 Å². The highest BCUT2D eigenvalue weighted by Crippen LogP contribution is 2.17. The second-order valence-electron chi connectivity index (χ2n) is 6.25. The van der Waals surface area contributed by atoms with Gasteiger partial charge in [-0.2, -0.15) is 5.10 Å². The first kappa shape index (κ1) is 20.7. The van der Waals surface area contributed by atoms with Crippen molar-refractivity contribution in [1.82, 2.24) is 15.4 Å². The Morgan fingerprint density at radius 2 is 2.07 bits per heavy atom. The summed E-state index contributed by atoms with van der Waals surface area (Å²) in [5, 5.41) is 15.3. The zero-order valence-corrected chi connectivity index (χ0v) is 17.0. The fraction of sp³-hybridized carbons (Fsp3) is 0.100. The molecule has 0 saturated heterocycles. The maximum absolute atomic E-state index is 12.7. The number of nitrogens with one attached hydrogen (secondary N) is 2. The summed E-state index contributed by atoms with van der Waals surface area (Å²) in [5.41, 5.74) is 9.68. The van der Waals surface area contributed by atoms with E-state index in [-0.39, 0.29) is 16.5 Å². The van der Waals surface area contributed by atoms with Crippen molar-refractivity contribution in [3.63, 3.8) is 0 Å². The Morgan fingerprint density at radius 1 is 1.34 bits per heavy atom. The quantitative estimate of drug-likeness (QED) is 0.282. The summed E-state index contributed by atoms with van der Waals surface area (Å²) in [6.07, 6.45) is 0.561. The molecule has 0 spiro atoms. The van der Waals surface area contributed by atoms with Crippen molar-refractivity contribution >= 4 is 51.8 Å². The maximum atomic E-state index is 12.7. The number of aromatic nitrogens is 2. The van der Waals surface area contributed by atoms with Crippen molar-refractivity contribution in [1.29, 1.82) is 0 Å². The standard InChI is InChI=1S/C20H18ClN5O2S/c1-11(9-12-5-3-2-4-6-12)18(27)16(25-26-20(22)29)17-19(28)24-15-10-13(21)7-8-14(15)23-17/h2-10,18,27H,1H3,(H,24,28)(H3,22,26,29). The number of rotatable bonds is 5. The van der Waals surface area contributed by atoms with Crippen LogP contribution in [0.15, 0.2) is 64.0 Å². The molecule has 0 saturated carbocycles. The minimum atomic E-state index is -1.23. The van der Waals surface area contributed by atoms with Crippen molar-refractivity contribution in [2.24, 2.45) is 10.8 Å². The number of aliphatic hydroxyl groups is 1. The second kappa shape index (κ2) is 8.95. The van der Waals surface area contributed by atoms with E-state index in [0.29, 0.717) is 21.6 Å². The molecule has 0 radical (unpaired) electrons. The van der Waals surface area contributed by atoms with Crippen molar-refractivity contribution in [2.45, 2.75) is 13.0 Å². The lowest BCUT2D eigenvalue weighted by Gasteiger charge is -2.15. The number of aliphatic hydroxyl groups excluding tert-OH is 1. The predicted molar refractivity (Wildman–Crippen MR) is 120 cm³/mol. The average molecular weight is 428 g/mol. The highest BCUT2D eigenvalue weighted by atomic mass is 35.5. The minimum Gasteiger partial charge on any atom is -0.382 e. The van der Waals surface area contributed by atoms with Crippen molar-refractivity contribution in [3.05, 3.63) is 80.7 Å². The predicted octanol–water partition coefficient (Wildman–Crippen LogP) is 2.58. The number of aromatic amines is 1. The van der Waals surface area contributed by atoms with Gasteiger partial charge in [0.15, 0.2) is 10.8 Å². The molecule has 148 valence electrons. The van der Waals surface area contributed by atoms with Crippen LogP contribution in [0.4, 0.5) is 0 Å². The van der Waals surface area contributed by atoms with E-state index in [4.69, 9.17) is 29.6 Å². The summed E-state index contributed by atoms with van der Waals surface area (Å²) >= 11 is 10.8. The van der Waals surface area contributed by atoms with Crippen LogP contribution in [-0.2, 0) is 0 Å². The van der Waals surface area contributed by atoms with E-state index in [1.165, 1.54) is 0 Å². The number of halogens is 1. The zero-order chi connectivity index (χ0) is 21.0. The molecule has 1 unspecified atom stereocenters. The molecule has 7 nitrogen and oxygen atoms in total. The molecular weight excluding hydrogens is 410 g/mol. The highest BCUT2D eigenvalue weighted by molar-refractivity contribution is 7.80. The molecule has 5 N–H and O–H groups in total. The number of H-pyrrole nitrogens is 1. The van der Waals surface area contributed by atoms with Gasteiger partial charge < -0.3 is 15.8 Å². The number of nitrogens with two attached hydrogens (primary N) is 1. The van der Waals surface area contributed by atoms with E-state index in [1.807, 2.05) is 30.3 Å². The van der Waals surface area contributed by atoms with Gasteiger partial charge in [-0.1, -0.05) is 48.0 Å². The van der Waals surface area contributed by atoms with Crippen molar-refractivity contribution in [2.75, 3.05) is 0 Å². The third-order valence-electron chi connectivity index (χ3n) is 4.07. The van der Waals surface area contributed by atoms with Crippen molar-refractivity contribution < 1.29 is 5.11 Å². The van der Waals surface area contributed by atoms with E-state index in [1.54, 1.807) is 31.2 Å². The fourth-order valence-corrected chi connectivity index (χ4v) is 2.92. The molecule has 1 atom stereocenters. The van der Waals surface area contributed by atoms with Gasteiger partial charge in [0.2, 0.25) is 0 Å². The Balaban J connectivity index is 2.09. The fourth-order valence-electron chi connectivity index (χ4n) is 2.70. The third-order valence-corrected chi connectivity index (χ3v) is 4.39. The molecule has 0 aliphatic carbocycles. The average Bonchev–Trinajstić information content (AvgIpc) is 2.68. The Hall–Kier alpha value is -3.07. The van der Waals surface area contributed by atoms with Gasteiger partial charge in [-0.05, 0) is 48.5 Å². The number of thiocarbonyl (C=S) groups is 1. The van der Waals surface area contributed by atoms with Crippen LogP contribution in [0, 0.1) is 0 Å². The van der Waals surface area contributed by atoms with Crippen LogP contribution in [0.3, 0.4) is 0 Å². The lowest BCUT2D eigenvalue weighted by atomic mass is 10.0. The molecule has 0 aliphatic heterocycles. The second-order valence-corrected chi connectivity index (χ2v) is 7.13. The van der Waals surface area contributed by atoms with Gasteiger partial charge in [-0.15, -0.1) is 0 Å². The first-order valence-corrected chi connectivity index (χ1v) is 9.38. The van der Waals surface area contributed by atoms with E-state index in [0.717, 1.165) is 5.56 Å². The largest absolute Gasteiger partial charge is 0.382 e. The zero-order valence-electron chi connectivity index (χ0n) is 15.4. The molecule has 0 fully saturated rings. The molecule has 3 rings (SSSR count). The molecular formula is C20H18ClN5O2S. The molecule has 0 aliphatic rings. The van der Waals surface area contributed by atoms with Gasteiger partial charge in [0, 0.05) is 5.02 Å². The molecule has 0 amide bonds. The Bertz CT molecular complexity index is 1170. The van der Waals surface area contributed by atoms with Crippen LogP contribution in [0.25, 0.3) is 17.1 Å². The van der Waals surface area contributed by atoms with E-state index < -0.39 is 11.7 Å². The number of fused-ring (bicyclic) bond motifs is 1. The minimum absolute atomic E-state index is 0.0134. The molecule has 3 aromatic rings. The summed E-state index contributed by atoms with van der Waals surface area (Å²) < 4.78 is 0. The molecule has 1 heterocycles. The summed E-state index contributed by atoms with van der Waals surface area (Å²) in [6.45, 7) is 1.73. The van der Waals surface area contributed by atoms with Gasteiger partial charge in [-0.25, -0.2) is 4.98 Å². The maximum Gasteiger partial charge on any atom is 0.276 e. The Kier molecular flexibility index (Phi) is 6.38. The van der Waals surface area contributed by atoms with Gasteiger partial charge in [0.05, 0.1) is 11.0 Å². The molecule has 9 heteroatoms. The van der Waals surface area contributed by atoms with Gasteiger partial charge in [-0.3, -0.25) is 10.2 Å². The Morgan fingerprint density at radius 3 is 2.76 bits per heavy atom. The summed E-state index contributed by atoms with van der Waals surface area (Å²) in [4.78, 5) is 19.7. The summed E-state index contributed by atoms with van der Waals surface area (Å²) in [6, 6.07) is 14.4. The third kappa shape index (κ3) is 5.05. The number of hydrogen-bond acceptors (Lipinski definition) is 5. The van der Waals surface area contributed by atoms with Crippen LogP contribution in [0.2, 0.25) is 5.02 Å². The summed E-state index contributed by atoms with van der Waals surface area (Å²) in [5.74, 6) is 0. The van der Waals surface area contributed by atoms with Gasteiger partial charge in [0.25, 0.3) is 5.56 Å². The lowest BCUT2D eigenvalue weighted by Crippen LogP contribution is -2.34. The monoisotopic (exact) mass is 427 g/mol. The Labute approximate surface area is 176 Å². The van der Waals surface area contributed by atoms with Gasteiger partial charge in [0.1, 0.15) is 11.8 Å². The summed E-state index contributed by atoms with van der Waals surface area (Å²) in [7, 11) is 0. The first-order valence-electron chi connectivity index (χ1n) is 8.59. The van der Waals surface area contributed by atoms with Crippen LogP contribution in [0.5, 0.6) is 0 Å². The van der Waals surface area contributed by atoms with E-state index >= 15 is 0 Å². The van der Waals surface area contributed by atoms with Crippen LogP contribution in [-0.4, -0.2) is 32.0 Å². The smallest absolute Gasteiger partial charge is 0.276 e. The number of nitrogens with zero attached hydrogens (tertiary/aromatic N) is 2. The first-order chi connectivity index (χ1) is 13.8. The normalized spacial score (nSPS) is 13.3. The van der Waals surface area contributed by atoms with E-state index in [9.17, 15) is 9.90 Å². The van der Waals surface area contributed by atoms with Crippen molar-refractivity contribution in [3.8, 4) is 0 Å². The number of benzene rings is 2. The molecule has 29 heavy (non-hydrogen) atoms. The molecule has 2 aromatic carbocycles. The van der Waals surface area contributed by atoms with Crippen LogP contribution >= 0.6 is 23.8 Å². The number of hydrogen-bond donors (Lipinski definition) is 4. The lowest BCUT2D eigenvalue weighted by molar-refractivity contribution is 0.277. The SMILES string of the molecule is CC(=Cc1ccccc1)C(O)C(=NNC(N)=S)c1nc2ccc(Cl)cc2[nH]c1=O. The van der Waals surface area contributed by atoms with Crippen LogP contribution < -0.4 is 16.7 Å². The highest BCUT2D eigenvalue weighted by Gasteiger charge is 2.22. The van der Waals surface area contributed by atoms with Gasteiger partial charge >= 0.3 is 0 Å².